The summed E-state index contributed by atoms with van der Waals surface area (Å²) >= 11 is 0. The lowest BCUT2D eigenvalue weighted by Crippen LogP contribution is -2.47. The predicted molar refractivity (Wildman–Crippen MR) is 52.7 cm³/mol. The summed E-state index contributed by atoms with van der Waals surface area (Å²) in [5.74, 6) is 0.373. The summed E-state index contributed by atoms with van der Waals surface area (Å²) in [6.07, 6.45) is 0.657. The fraction of sp³-hybridized carbons (Fsp3) is 1.00. The van der Waals surface area contributed by atoms with Gasteiger partial charge in [0.05, 0.1) is 12.2 Å². The Kier molecular flexibility index (Phi) is 4.16. The lowest BCUT2D eigenvalue weighted by Gasteiger charge is -2.36. The smallest absolute Gasteiger partial charge is 0.0678 e. The molecular formula is C10H21NO2. The molecule has 0 aromatic rings. The molecule has 1 aliphatic heterocycles. The van der Waals surface area contributed by atoms with E-state index in [4.69, 9.17) is 9.84 Å². The van der Waals surface area contributed by atoms with E-state index in [9.17, 15) is 0 Å². The Morgan fingerprint density at radius 3 is 2.38 bits per heavy atom. The molecule has 0 amide bonds. The number of hydrogen-bond donors (Lipinski definition) is 1. The van der Waals surface area contributed by atoms with Crippen LogP contribution in [0.2, 0.25) is 0 Å². The molecule has 1 unspecified atom stereocenters. The monoisotopic (exact) mass is 187 g/mol. The summed E-state index contributed by atoms with van der Waals surface area (Å²) in [5.41, 5.74) is 0. The minimum atomic E-state index is 0.278. The van der Waals surface area contributed by atoms with Crippen LogP contribution in [0.4, 0.5) is 0 Å². The Morgan fingerprint density at radius 2 is 1.92 bits per heavy atom. The first kappa shape index (κ1) is 11.0. The van der Waals surface area contributed by atoms with E-state index in [1.54, 1.807) is 0 Å². The van der Waals surface area contributed by atoms with Crippen molar-refractivity contribution in [1.82, 2.24) is 4.90 Å². The van der Waals surface area contributed by atoms with E-state index >= 15 is 0 Å². The Morgan fingerprint density at radius 1 is 1.38 bits per heavy atom. The van der Waals surface area contributed by atoms with Gasteiger partial charge >= 0.3 is 0 Å². The highest BCUT2D eigenvalue weighted by atomic mass is 16.5. The summed E-state index contributed by atoms with van der Waals surface area (Å²) in [4.78, 5) is 2.37. The molecule has 0 aromatic heterocycles. The highest BCUT2D eigenvalue weighted by molar-refractivity contribution is 4.74. The fourth-order valence-electron chi connectivity index (χ4n) is 1.93. The summed E-state index contributed by atoms with van der Waals surface area (Å²) < 4.78 is 5.63. The van der Waals surface area contributed by atoms with Gasteiger partial charge < -0.3 is 9.84 Å². The summed E-state index contributed by atoms with van der Waals surface area (Å²) in [6, 6.07) is 0. The number of ether oxygens (including phenoxy) is 1. The Bertz CT molecular complexity index is 142. The van der Waals surface area contributed by atoms with E-state index in [0.29, 0.717) is 18.1 Å². The zero-order valence-electron chi connectivity index (χ0n) is 8.86. The normalized spacial score (nSPS) is 33.2. The standard InChI is InChI=1S/C10H21NO2/c1-8(7-12)4-11-5-9(2)13-10(3)6-11/h8-10,12H,4-7H2,1-3H3/t8?,9-,10+. The fourth-order valence-corrected chi connectivity index (χ4v) is 1.93. The van der Waals surface area contributed by atoms with Crippen LogP contribution in [0.15, 0.2) is 0 Å². The third-order valence-electron chi connectivity index (χ3n) is 2.38. The van der Waals surface area contributed by atoms with E-state index in [-0.39, 0.29) is 6.61 Å². The second-order valence-corrected chi connectivity index (χ2v) is 4.26. The third kappa shape index (κ3) is 3.63. The molecule has 1 aliphatic rings. The van der Waals surface area contributed by atoms with E-state index in [0.717, 1.165) is 19.6 Å². The van der Waals surface area contributed by atoms with Crippen molar-refractivity contribution in [3.05, 3.63) is 0 Å². The molecule has 0 spiro atoms. The molecule has 0 aromatic carbocycles. The van der Waals surface area contributed by atoms with Gasteiger partial charge in [-0.25, -0.2) is 0 Å². The number of hydrogen-bond acceptors (Lipinski definition) is 3. The molecule has 0 bridgehead atoms. The van der Waals surface area contributed by atoms with Crippen molar-refractivity contribution in [3.63, 3.8) is 0 Å². The molecule has 78 valence electrons. The lowest BCUT2D eigenvalue weighted by molar-refractivity contribution is -0.0722. The number of aliphatic hydroxyl groups is 1. The van der Waals surface area contributed by atoms with Crippen molar-refractivity contribution in [2.24, 2.45) is 5.92 Å². The molecule has 1 fully saturated rings. The Balaban J connectivity index is 2.32. The number of rotatable bonds is 3. The van der Waals surface area contributed by atoms with E-state index in [1.165, 1.54) is 0 Å². The second-order valence-electron chi connectivity index (χ2n) is 4.26. The quantitative estimate of drug-likeness (QED) is 0.707. The van der Waals surface area contributed by atoms with Gasteiger partial charge in [-0.05, 0) is 19.8 Å². The predicted octanol–water partition coefficient (Wildman–Crippen LogP) is 0.724. The van der Waals surface area contributed by atoms with Crippen molar-refractivity contribution >= 4 is 0 Å². The molecule has 13 heavy (non-hydrogen) atoms. The van der Waals surface area contributed by atoms with Gasteiger partial charge in [0, 0.05) is 26.2 Å². The van der Waals surface area contributed by atoms with E-state index < -0.39 is 0 Å². The first-order valence-corrected chi connectivity index (χ1v) is 5.10. The van der Waals surface area contributed by atoms with Gasteiger partial charge in [-0.15, -0.1) is 0 Å². The lowest BCUT2D eigenvalue weighted by atomic mass is 10.1. The maximum absolute atomic E-state index is 8.94. The van der Waals surface area contributed by atoms with Crippen LogP contribution in [0.3, 0.4) is 0 Å². The zero-order valence-corrected chi connectivity index (χ0v) is 8.86. The zero-order chi connectivity index (χ0) is 9.84. The van der Waals surface area contributed by atoms with Crippen molar-refractivity contribution in [3.8, 4) is 0 Å². The van der Waals surface area contributed by atoms with E-state index in [1.807, 2.05) is 0 Å². The van der Waals surface area contributed by atoms with Gasteiger partial charge in [0.15, 0.2) is 0 Å². The highest BCUT2D eigenvalue weighted by Crippen LogP contribution is 2.11. The molecule has 1 N–H and O–H groups in total. The average molecular weight is 187 g/mol. The van der Waals surface area contributed by atoms with Crippen molar-refractivity contribution < 1.29 is 9.84 Å². The van der Waals surface area contributed by atoms with Crippen LogP contribution in [-0.4, -0.2) is 48.5 Å². The Hall–Kier alpha value is -0.120. The molecule has 1 rings (SSSR count). The van der Waals surface area contributed by atoms with Gasteiger partial charge in [0.1, 0.15) is 0 Å². The summed E-state index contributed by atoms with van der Waals surface area (Å²) in [5, 5.41) is 8.94. The van der Waals surface area contributed by atoms with Gasteiger partial charge in [0.25, 0.3) is 0 Å². The highest BCUT2D eigenvalue weighted by Gasteiger charge is 2.22. The van der Waals surface area contributed by atoms with Crippen molar-refractivity contribution in [2.75, 3.05) is 26.2 Å². The number of morpholine rings is 1. The maximum atomic E-state index is 8.94. The van der Waals surface area contributed by atoms with Gasteiger partial charge in [0.2, 0.25) is 0 Å². The SMILES string of the molecule is CC(CO)CN1C[C@@H](C)O[C@@H](C)C1. The number of aliphatic hydroxyl groups excluding tert-OH is 1. The minimum Gasteiger partial charge on any atom is -0.396 e. The minimum absolute atomic E-state index is 0.278. The topological polar surface area (TPSA) is 32.7 Å². The first-order valence-electron chi connectivity index (χ1n) is 5.10. The molecule has 0 aliphatic carbocycles. The van der Waals surface area contributed by atoms with Gasteiger partial charge in [-0.3, -0.25) is 4.90 Å². The largest absolute Gasteiger partial charge is 0.396 e. The van der Waals surface area contributed by atoms with E-state index in [2.05, 4.69) is 25.7 Å². The van der Waals surface area contributed by atoms with Crippen LogP contribution in [0.25, 0.3) is 0 Å². The van der Waals surface area contributed by atoms with Crippen LogP contribution in [0, 0.1) is 5.92 Å². The average Bonchev–Trinajstić information content (AvgIpc) is 2.02. The molecule has 0 radical (unpaired) electrons. The van der Waals surface area contributed by atoms with Gasteiger partial charge in [-0.2, -0.15) is 0 Å². The number of nitrogens with zero attached hydrogens (tertiary/aromatic N) is 1. The molecule has 0 saturated carbocycles. The Labute approximate surface area is 80.7 Å². The summed E-state index contributed by atoms with van der Waals surface area (Å²) in [6.45, 7) is 9.53. The molecule has 1 saturated heterocycles. The second kappa shape index (κ2) is 4.94. The van der Waals surface area contributed by atoms with Crippen LogP contribution < -0.4 is 0 Å². The summed E-state index contributed by atoms with van der Waals surface area (Å²) in [7, 11) is 0. The van der Waals surface area contributed by atoms with Crippen LogP contribution in [0.1, 0.15) is 20.8 Å². The van der Waals surface area contributed by atoms with Crippen molar-refractivity contribution in [2.45, 2.75) is 33.0 Å². The van der Waals surface area contributed by atoms with Crippen LogP contribution >= 0.6 is 0 Å². The molecule has 1 heterocycles. The van der Waals surface area contributed by atoms with Gasteiger partial charge in [-0.1, -0.05) is 6.92 Å². The first-order chi connectivity index (χ1) is 6.11. The van der Waals surface area contributed by atoms with Crippen molar-refractivity contribution in [1.29, 1.82) is 0 Å². The third-order valence-corrected chi connectivity index (χ3v) is 2.38. The van der Waals surface area contributed by atoms with Crippen LogP contribution in [0.5, 0.6) is 0 Å². The van der Waals surface area contributed by atoms with Crippen LogP contribution in [-0.2, 0) is 4.74 Å². The maximum Gasteiger partial charge on any atom is 0.0678 e. The molecule has 3 nitrogen and oxygen atoms in total. The molecule has 3 atom stereocenters. The molecular weight excluding hydrogens is 166 g/mol. The molecule has 3 heteroatoms.